The van der Waals surface area contributed by atoms with Gasteiger partial charge in [-0.05, 0) is 62.4 Å². The van der Waals surface area contributed by atoms with Crippen molar-refractivity contribution in [2.75, 3.05) is 19.0 Å². The number of halogens is 1. The van der Waals surface area contributed by atoms with Gasteiger partial charge in [0.25, 0.3) is 0 Å². The van der Waals surface area contributed by atoms with Crippen molar-refractivity contribution in [3.63, 3.8) is 0 Å². The smallest absolute Gasteiger partial charge is 0.316 e. The highest BCUT2D eigenvalue weighted by Crippen LogP contribution is 2.29. The highest BCUT2D eigenvalue weighted by Gasteiger charge is 2.17. The number of nitrogens with zero attached hydrogens (tertiary/aromatic N) is 3. The number of aromatic nitrogens is 3. The Hall–Kier alpha value is -2.51. The Morgan fingerprint density at radius 1 is 1.04 bits per heavy atom. The van der Waals surface area contributed by atoms with Gasteiger partial charge in [-0.1, -0.05) is 23.4 Å². The first-order valence-electron chi connectivity index (χ1n) is 8.85. The van der Waals surface area contributed by atoms with E-state index >= 15 is 0 Å². The predicted octanol–water partition coefficient (Wildman–Crippen LogP) is 4.64. The average Bonchev–Trinajstić information content (AvgIpc) is 3.12. The number of hydrogen-bond acceptors (Lipinski definition) is 6. The summed E-state index contributed by atoms with van der Waals surface area (Å²) in [6, 6.07) is 15.0. The van der Waals surface area contributed by atoms with Gasteiger partial charge in [-0.15, -0.1) is 10.2 Å². The molecular formula is C20H20ClN3O3S. The van der Waals surface area contributed by atoms with Crippen LogP contribution in [0, 0.1) is 0 Å². The van der Waals surface area contributed by atoms with E-state index in [2.05, 4.69) is 10.2 Å². The molecule has 0 spiro atoms. The summed E-state index contributed by atoms with van der Waals surface area (Å²) >= 11 is 7.29. The molecule has 6 nitrogen and oxygen atoms in total. The first kappa shape index (κ1) is 20.2. The van der Waals surface area contributed by atoms with E-state index in [1.54, 1.807) is 19.1 Å². The number of thioether (sulfide) groups is 1. The molecule has 0 saturated carbocycles. The molecule has 0 aliphatic carbocycles. The van der Waals surface area contributed by atoms with E-state index in [-0.39, 0.29) is 11.7 Å². The number of ether oxygens (including phenoxy) is 2. The van der Waals surface area contributed by atoms with Gasteiger partial charge >= 0.3 is 5.97 Å². The van der Waals surface area contributed by atoms with Crippen LogP contribution in [0.25, 0.3) is 17.1 Å². The SMILES string of the molecule is CCOC(=O)CSc1nnc(-c2ccc(Cl)cc2)n1-c1ccc(OCC)cc1. The van der Waals surface area contributed by atoms with Crippen LogP contribution in [0.1, 0.15) is 13.8 Å². The van der Waals surface area contributed by atoms with Crippen LogP contribution in [0.5, 0.6) is 5.75 Å². The van der Waals surface area contributed by atoms with Gasteiger partial charge in [-0.2, -0.15) is 0 Å². The molecule has 0 N–H and O–H groups in total. The molecule has 3 aromatic rings. The van der Waals surface area contributed by atoms with Crippen molar-refractivity contribution in [2.45, 2.75) is 19.0 Å². The molecule has 0 aliphatic rings. The first-order chi connectivity index (χ1) is 13.6. The van der Waals surface area contributed by atoms with Crippen LogP contribution in [-0.2, 0) is 9.53 Å². The summed E-state index contributed by atoms with van der Waals surface area (Å²) in [4.78, 5) is 11.8. The number of carbonyl (C=O) groups is 1. The number of rotatable bonds is 8. The van der Waals surface area contributed by atoms with E-state index in [0.29, 0.717) is 29.2 Å². The molecule has 0 bridgehead atoms. The number of esters is 1. The summed E-state index contributed by atoms with van der Waals surface area (Å²) in [5, 5.41) is 9.87. The van der Waals surface area contributed by atoms with Gasteiger partial charge in [0.15, 0.2) is 11.0 Å². The fourth-order valence-electron chi connectivity index (χ4n) is 2.57. The van der Waals surface area contributed by atoms with Crippen LogP contribution >= 0.6 is 23.4 Å². The fourth-order valence-corrected chi connectivity index (χ4v) is 3.44. The molecule has 0 radical (unpaired) electrons. The Bertz CT molecular complexity index is 927. The number of benzene rings is 2. The van der Waals surface area contributed by atoms with E-state index in [4.69, 9.17) is 21.1 Å². The molecule has 0 saturated heterocycles. The predicted molar refractivity (Wildman–Crippen MR) is 110 cm³/mol. The highest BCUT2D eigenvalue weighted by atomic mass is 35.5. The minimum Gasteiger partial charge on any atom is -0.494 e. The second-order valence-corrected chi connectivity index (χ2v) is 7.05. The summed E-state index contributed by atoms with van der Waals surface area (Å²) in [5.74, 6) is 1.31. The molecule has 0 unspecified atom stereocenters. The van der Waals surface area contributed by atoms with Crippen molar-refractivity contribution in [3.8, 4) is 22.8 Å². The second kappa shape index (κ2) is 9.61. The molecule has 0 atom stereocenters. The zero-order chi connectivity index (χ0) is 19.9. The largest absolute Gasteiger partial charge is 0.494 e. The average molecular weight is 418 g/mol. The molecule has 0 fully saturated rings. The Morgan fingerprint density at radius 3 is 2.39 bits per heavy atom. The fraction of sp³-hybridized carbons (Fsp3) is 0.250. The number of hydrogen-bond donors (Lipinski definition) is 0. The van der Waals surface area contributed by atoms with Crippen molar-refractivity contribution < 1.29 is 14.3 Å². The van der Waals surface area contributed by atoms with Crippen LogP contribution in [0.4, 0.5) is 0 Å². The lowest BCUT2D eigenvalue weighted by Crippen LogP contribution is -2.08. The van der Waals surface area contributed by atoms with Crippen LogP contribution < -0.4 is 4.74 Å². The third kappa shape index (κ3) is 4.85. The normalized spacial score (nSPS) is 10.7. The summed E-state index contributed by atoms with van der Waals surface area (Å²) in [6.07, 6.45) is 0. The summed E-state index contributed by atoms with van der Waals surface area (Å²) in [6.45, 7) is 4.67. The van der Waals surface area contributed by atoms with E-state index in [1.807, 2.05) is 47.9 Å². The molecule has 3 rings (SSSR count). The van der Waals surface area contributed by atoms with E-state index in [9.17, 15) is 4.79 Å². The van der Waals surface area contributed by atoms with Crippen molar-refractivity contribution in [3.05, 3.63) is 53.6 Å². The van der Waals surface area contributed by atoms with Gasteiger partial charge in [-0.3, -0.25) is 9.36 Å². The number of carbonyl (C=O) groups excluding carboxylic acids is 1. The van der Waals surface area contributed by atoms with Gasteiger partial charge in [0, 0.05) is 16.3 Å². The molecule has 1 heterocycles. The molecule has 8 heteroatoms. The van der Waals surface area contributed by atoms with Crippen molar-refractivity contribution >= 4 is 29.3 Å². The Morgan fingerprint density at radius 2 is 1.75 bits per heavy atom. The van der Waals surface area contributed by atoms with Gasteiger partial charge in [0.05, 0.1) is 19.0 Å². The zero-order valence-corrected chi connectivity index (χ0v) is 17.2. The second-order valence-electron chi connectivity index (χ2n) is 5.67. The monoisotopic (exact) mass is 417 g/mol. The van der Waals surface area contributed by atoms with Crippen LogP contribution in [-0.4, -0.2) is 39.7 Å². The third-order valence-corrected chi connectivity index (χ3v) is 4.92. The Balaban J connectivity index is 1.98. The maximum Gasteiger partial charge on any atom is 0.316 e. The maximum atomic E-state index is 11.8. The Kier molecular flexibility index (Phi) is 6.95. The lowest BCUT2D eigenvalue weighted by atomic mass is 10.2. The molecule has 2 aromatic carbocycles. The highest BCUT2D eigenvalue weighted by molar-refractivity contribution is 7.99. The molecule has 0 aliphatic heterocycles. The lowest BCUT2D eigenvalue weighted by Gasteiger charge is -2.11. The lowest BCUT2D eigenvalue weighted by molar-refractivity contribution is -0.139. The van der Waals surface area contributed by atoms with Gasteiger partial charge in [-0.25, -0.2) is 0 Å². The zero-order valence-electron chi connectivity index (χ0n) is 15.6. The summed E-state index contributed by atoms with van der Waals surface area (Å²) in [5.41, 5.74) is 1.73. The summed E-state index contributed by atoms with van der Waals surface area (Å²) < 4.78 is 12.4. The quantitative estimate of drug-likeness (QED) is 0.393. The van der Waals surface area contributed by atoms with Gasteiger partial charge in [0.2, 0.25) is 0 Å². The van der Waals surface area contributed by atoms with E-state index in [0.717, 1.165) is 17.0 Å². The van der Waals surface area contributed by atoms with Gasteiger partial charge in [0.1, 0.15) is 5.75 Å². The van der Waals surface area contributed by atoms with Crippen molar-refractivity contribution in [2.24, 2.45) is 0 Å². The molecular weight excluding hydrogens is 398 g/mol. The van der Waals surface area contributed by atoms with Crippen molar-refractivity contribution in [1.29, 1.82) is 0 Å². The molecule has 0 amide bonds. The first-order valence-corrected chi connectivity index (χ1v) is 10.2. The third-order valence-electron chi connectivity index (χ3n) is 3.77. The minimum atomic E-state index is -0.290. The minimum absolute atomic E-state index is 0.156. The van der Waals surface area contributed by atoms with E-state index < -0.39 is 0 Å². The molecule has 1 aromatic heterocycles. The van der Waals surface area contributed by atoms with Gasteiger partial charge < -0.3 is 9.47 Å². The summed E-state index contributed by atoms with van der Waals surface area (Å²) in [7, 11) is 0. The standard InChI is InChI=1S/C20H20ClN3O3S/c1-3-26-17-11-9-16(10-12-17)24-19(14-5-7-15(21)8-6-14)22-23-20(24)28-13-18(25)27-4-2/h5-12H,3-4,13H2,1-2H3. The van der Waals surface area contributed by atoms with Crippen LogP contribution in [0.3, 0.4) is 0 Å². The molecule has 146 valence electrons. The maximum absolute atomic E-state index is 11.8. The topological polar surface area (TPSA) is 66.2 Å². The van der Waals surface area contributed by atoms with Crippen LogP contribution in [0.2, 0.25) is 5.02 Å². The molecule has 28 heavy (non-hydrogen) atoms. The van der Waals surface area contributed by atoms with Crippen LogP contribution in [0.15, 0.2) is 53.7 Å². The van der Waals surface area contributed by atoms with Crippen molar-refractivity contribution in [1.82, 2.24) is 14.8 Å². The Labute approximate surface area is 172 Å². The van der Waals surface area contributed by atoms with E-state index in [1.165, 1.54) is 11.8 Å².